The Balaban J connectivity index is 1.60. The standard InChI is InChI=1S/C24H27ClN6O3/c1-2-31(23(33)34)24(15-27-14-20(24)17-3-5-19(25)6-4-17)21(32)18-7-9-30(10-8-18)22-28-12-16(11-26)13-29-22/h3-6,12-13,18,20,27H,2,7-10,14-15H2,1H3,(H,33,34)/t20-,24+/m0/s1. The normalized spacial score (nSPS) is 22.9. The molecular formula is C24H27ClN6O3. The number of hydrogen-bond donors (Lipinski definition) is 2. The molecule has 0 bridgehead atoms. The number of nitrogens with zero attached hydrogens (tertiary/aromatic N) is 5. The Labute approximate surface area is 203 Å². The van der Waals surface area contributed by atoms with Gasteiger partial charge in [-0.3, -0.25) is 9.69 Å². The molecule has 34 heavy (non-hydrogen) atoms. The van der Waals surface area contributed by atoms with Gasteiger partial charge in [-0.15, -0.1) is 0 Å². The van der Waals surface area contributed by atoms with Crippen LogP contribution in [0.3, 0.4) is 0 Å². The number of nitriles is 1. The molecule has 0 spiro atoms. The summed E-state index contributed by atoms with van der Waals surface area (Å²) in [6, 6.07) is 9.31. The number of benzene rings is 1. The second kappa shape index (κ2) is 9.95. The van der Waals surface area contributed by atoms with Crippen LogP contribution in [0, 0.1) is 17.2 Å². The lowest BCUT2D eigenvalue weighted by atomic mass is 9.72. The number of ketones is 1. The molecule has 1 amide bonds. The number of carbonyl (C=O) groups excluding carboxylic acids is 1. The van der Waals surface area contributed by atoms with Crippen molar-refractivity contribution in [1.29, 1.82) is 5.26 Å². The summed E-state index contributed by atoms with van der Waals surface area (Å²) in [5.74, 6) is -0.102. The van der Waals surface area contributed by atoms with Crippen LogP contribution in [0.2, 0.25) is 5.02 Å². The molecule has 1 aromatic heterocycles. The fourth-order valence-corrected chi connectivity index (χ4v) is 5.41. The summed E-state index contributed by atoms with van der Waals surface area (Å²) < 4.78 is 0. The largest absolute Gasteiger partial charge is 0.465 e. The van der Waals surface area contributed by atoms with Gasteiger partial charge in [-0.25, -0.2) is 14.8 Å². The zero-order valence-corrected chi connectivity index (χ0v) is 19.7. The summed E-state index contributed by atoms with van der Waals surface area (Å²) in [5, 5.41) is 22.9. The highest BCUT2D eigenvalue weighted by molar-refractivity contribution is 6.30. The number of carboxylic acid groups (broad SMARTS) is 1. The van der Waals surface area contributed by atoms with Gasteiger partial charge in [0, 0.05) is 49.6 Å². The molecule has 2 atom stereocenters. The number of likely N-dealkylation sites (N-methyl/N-ethyl adjacent to an activating group) is 1. The monoisotopic (exact) mass is 482 g/mol. The fourth-order valence-electron chi connectivity index (χ4n) is 5.29. The number of hydrogen-bond acceptors (Lipinski definition) is 7. The number of rotatable bonds is 6. The van der Waals surface area contributed by atoms with Crippen LogP contribution in [0.15, 0.2) is 36.7 Å². The highest BCUT2D eigenvalue weighted by atomic mass is 35.5. The highest BCUT2D eigenvalue weighted by Crippen LogP contribution is 2.41. The highest BCUT2D eigenvalue weighted by Gasteiger charge is 2.56. The Morgan fingerprint density at radius 2 is 1.91 bits per heavy atom. The Bertz CT molecular complexity index is 1080. The van der Waals surface area contributed by atoms with E-state index in [2.05, 4.69) is 15.3 Å². The van der Waals surface area contributed by atoms with Crippen molar-refractivity contribution in [3.8, 4) is 6.07 Å². The van der Waals surface area contributed by atoms with Crippen molar-refractivity contribution in [3.05, 3.63) is 52.8 Å². The molecule has 0 saturated carbocycles. The van der Waals surface area contributed by atoms with E-state index in [1.54, 1.807) is 19.1 Å². The van der Waals surface area contributed by atoms with Crippen molar-refractivity contribution in [2.75, 3.05) is 37.6 Å². The molecule has 2 saturated heterocycles. The van der Waals surface area contributed by atoms with Crippen molar-refractivity contribution in [3.63, 3.8) is 0 Å². The number of amides is 1. The maximum absolute atomic E-state index is 14.1. The zero-order chi connectivity index (χ0) is 24.3. The predicted octanol–water partition coefficient (Wildman–Crippen LogP) is 2.91. The molecular weight excluding hydrogens is 456 g/mol. The minimum Gasteiger partial charge on any atom is -0.465 e. The van der Waals surface area contributed by atoms with Crippen molar-refractivity contribution >= 4 is 29.4 Å². The minimum atomic E-state index is -1.19. The molecule has 0 radical (unpaired) electrons. The topological polar surface area (TPSA) is 122 Å². The van der Waals surface area contributed by atoms with Gasteiger partial charge in [0.15, 0.2) is 5.78 Å². The summed E-state index contributed by atoms with van der Waals surface area (Å²) in [6.45, 7) is 3.93. The third kappa shape index (κ3) is 4.31. The molecule has 0 unspecified atom stereocenters. The van der Waals surface area contributed by atoms with Gasteiger partial charge in [-0.05, 0) is 37.5 Å². The average molecular weight is 483 g/mol. The first-order valence-electron chi connectivity index (χ1n) is 11.4. The molecule has 2 fully saturated rings. The number of piperidine rings is 1. The van der Waals surface area contributed by atoms with Crippen molar-refractivity contribution in [1.82, 2.24) is 20.2 Å². The van der Waals surface area contributed by atoms with Gasteiger partial charge in [0.2, 0.25) is 5.95 Å². The number of Topliss-reactive ketones (excluding diaryl/α,β-unsaturated/α-hetero) is 1. The summed E-state index contributed by atoms with van der Waals surface area (Å²) in [5.41, 5.74) is 0.101. The third-order valence-electron chi connectivity index (χ3n) is 6.96. The van der Waals surface area contributed by atoms with Crippen LogP contribution < -0.4 is 10.2 Å². The summed E-state index contributed by atoms with van der Waals surface area (Å²) in [6.07, 6.45) is 3.04. The van der Waals surface area contributed by atoms with Gasteiger partial charge in [0.05, 0.1) is 18.0 Å². The van der Waals surface area contributed by atoms with Crippen molar-refractivity contribution in [2.24, 2.45) is 5.92 Å². The third-order valence-corrected chi connectivity index (χ3v) is 7.22. The van der Waals surface area contributed by atoms with Gasteiger partial charge < -0.3 is 15.3 Å². The van der Waals surface area contributed by atoms with E-state index < -0.39 is 11.6 Å². The quantitative estimate of drug-likeness (QED) is 0.644. The lowest BCUT2D eigenvalue weighted by Crippen LogP contribution is -2.63. The number of anilines is 1. The van der Waals surface area contributed by atoms with E-state index in [0.29, 0.717) is 49.0 Å². The van der Waals surface area contributed by atoms with Gasteiger partial charge in [-0.1, -0.05) is 23.7 Å². The molecule has 2 aliphatic rings. The number of carbonyl (C=O) groups is 2. The molecule has 2 N–H and O–H groups in total. The van der Waals surface area contributed by atoms with Crippen LogP contribution in [-0.2, 0) is 4.79 Å². The molecule has 2 aliphatic heterocycles. The van der Waals surface area contributed by atoms with Crippen LogP contribution in [0.1, 0.15) is 36.8 Å². The van der Waals surface area contributed by atoms with E-state index in [0.717, 1.165) is 5.56 Å². The van der Waals surface area contributed by atoms with Gasteiger partial charge in [0.25, 0.3) is 0 Å². The van der Waals surface area contributed by atoms with Crippen LogP contribution in [-0.4, -0.2) is 70.1 Å². The summed E-state index contributed by atoms with van der Waals surface area (Å²) >= 11 is 6.08. The predicted molar refractivity (Wildman–Crippen MR) is 127 cm³/mol. The Kier molecular flexibility index (Phi) is 7.00. The summed E-state index contributed by atoms with van der Waals surface area (Å²) in [4.78, 5) is 38.3. The minimum absolute atomic E-state index is 0.0397. The van der Waals surface area contributed by atoms with E-state index in [1.165, 1.54) is 17.3 Å². The van der Waals surface area contributed by atoms with Crippen LogP contribution in [0.4, 0.5) is 10.7 Å². The first kappa shape index (κ1) is 23.9. The van der Waals surface area contributed by atoms with Crippen LogP contribution >= 0.6 is 11.6 Å². The Hall–Kier alpha value is -3.22. The van der Waals surface area contributed by atoms with Crippen LogP contribution in [0.25, 0.3) is 0 Å². The van der Waals surface area contributed by atoms with Gasteiger partial charge in [0.1, 0.15) is 11.6 Å². The second-order valence-corrected chi connectivity index (χ2v) is 9.13. The maximum Gasteiger partial charge on any atom is 0.408 e. The van der Waals surface area contributed by atoms with E-state index >= 15 is 0 Å². The first-order chi connectivity index (χ1) is 16.4. The lowest BCUT2D eigenvalue weighted by molar-refractivity contribution is -0.135. The maximum atomic E-state index is 14.1. The van der Waals surface area contributed by atoms with E-state index in [1.807, 2.05) is 23.1 Å². The van der Waals surface area contributed by atoms with Crippen molar-refractivity contribution in [2.45, 2.75) is 31.2 Å². The molecule has 2 aromatic rings. The Morgan fingerprint density at radius 1 is 1.26 bits per heavy atom. The Morgan fingerprint density at radius 3 is 2.47 bits per heavy atom. The second-order valence-electron chi connectivity index (χ2n) is 8.70. The number of nitrogens with one attached hydrogen (secondary N) is 1. The molecule has 178 valence electrons. The molecule has 4 rings (SSSR count). The number of aromatic nitrogens is 2. The summed E-state index contributed by atoms with van der Waals surface area (Å²) in [7, 11) is 0. The van der Waals surface area contributed by atoms with Crippen molar-refractivity contribution < 1.29 is 14.7 Å². The molecule has 0 aliphatic carbocycles. The van der Waals surface area contributed by atoms with Gasteiger partial charge >= 0.3 is 6.09 Å². The molecule has 10 heteroatoms. The van der Waals surface area contributed by atoms with Crippen LogP contribution in [0.5, 0.6) is 0 Å². The molecule has 9 nitrogen and oxygen atoms in total. The zero-order valence-electron chi connectivity index (χ0n) is 18.9. The van der Waals surface area contributed by atoms with E-state index in [9.17, 15) is 14.7 Å². The smallest absolute Gasteiger partial charge is 0.408 e. The van der Waals surface area contributed by atoms with E-state index in [4.69, 9.17) is 16.9 Å². The SMILES string of the molecule is CCN(C(=O)O)[C@]1(C(=O)C2CCN(c3ncc(C#N)cn3)CC2)CNC[C@H]1c1ccc(Cl)cc1. The van der Waals surface area contributed by atoms with Gasteiger partial charge in [-0.2, -0.15) is 5.26 Å². The van der Waals surface area contributed by atoms with E-state index in [-0.39, 0.29) is 30.7 Å². The average Bonchev–Trinajstić information content (AvgIpc) is 3.30. The lowest BCUT2D eigenvalue weighted by Gasteiger charge is -2.44. The first-order valence-corrected chi connectivity index (χ1v) is 11.8. The number of halogens is 1. The molecule has 1 aromatic carbocycles. The fraction of sp³-hybridized carbons (Fsp3) is 0.458. The molecule has 3 heterocycles.